The van der Waals surface area contributed by atoms with E-state index in [-0.39, 0.29) is 10.6 Å². The van der Waals surface area contributed by atoms with Gasteiger partial charge in [-0.15, -0.1) is 0 Å². The van der Waals surface area contributed by atoms with Crippen LogP contribution in [0.2, 0.25) is 5.02 Å². The van der Waals surface area contributed by atoms with Crippen LogP contribution in [0, 0.1) is 10.1 Å². The zero-order valence-corrected chi connectivity index (χ0v) is 15.8. The Labute approximate surface area is 166 Å². The quantitative estimate of drug-likeness (QED) is 0.532. The molecular formula is C19H19ClN6O2. The van der Waals surface area contributed by atoms with Crippen LogP contribution in [0.25, 0.3) is 10.9 Å². The number of fused-ring (bicyclic) bond motifs is 1. The molecule has 0 bridgehead atoms. The zero-order valence-electron chi connectivity index (χ0n) is 15.1. The minimum absolute atomic E-state index is 0.0339. The van der Waals surface area contributed by atoms with E-state index >= 15 is 0 Å². The molecule has 3 aromatic rings. The second-order valence-electron chi connectivity index (χ2n) is 6.70. The van der Waals surface area contributed by atoms with Gasteiger partial charge >= 0.3 is 0 Å². The van der Waals surface area contributed by atoms with Crippen LogP contribution in [0.3, 0.4) is 0 Å². The number of nitrogens with zero attached hydrogens (tertiary/aromatic N) is 5. The molecule has 0 aliphatic carbocycles. The van der Waals surface area contributed by atoms with Crippen LogP contribution in [0.1, 0.15) is 5.82 Å². The third-order valence-corrected chi connectivity index (χ3v) is 5.13. The van der Waals surface area contributed by atoms with E-state index in [4.69, 9.17) is 17.3 Å². The van der Waals surface area contributed by atoms with Crippen molar-refractivity contribution < 1.29 is 4.92 Å². The predicted octanol–water partition coefficient (Wildman–Crippen LogP) is 3.10. The molecule has 1 saturated heterocycles. The normalized spacial score (nSPS) is 15.1. The molecule has 4 rings (SSSR count). The number of hydrogen-bond donors (Lipinski definition) is 1. The van der Waals surface area contributed by atoms with Crippen molar-refractivity contribution in [3.8, 4) is 0 Å². The lowest BCUT2D eigenvalue weighted by Crippen LogP contribution is -2.46. The monoisotopic (exact) mass is 398 g/mol. The highest BCUT2D eigenvalue weighted by molar-refractivity contribution is 6.30. The topological polar surface area (TPSA) is 101 Å². The summed E-state index contributed by atoms with van der Waals surface area (Å²) in [7, 11) is 0. The Morgan fingerprint density at radius 2 is 1.86 bits per heavy atom. The number of nitrogen functional groups attached to an aromatic ring is 1. The Morgan fingerprint density at radius 3 is 2.61 bits per heavy atom. The predicted molar refractivity (Wildman–Crippen MR) is 110 cm³/mol. The Morgan fingerprint density at radius 1 is 1.11 bits per heavy atom. The Balaban J connectivity index is 1.46. The van der Waals surface area contributed by atoms with Crippen LogP contribution in [0.5, 0.6) is 0 Å². The summed E-state index contributed by atoms with van der Waals surface area (Å²) in [6, 6.07) is 12.5. The van der Waals surface area contributed by atoms with Crippen molar-refractivity contribution in [2.24, 2.45) is 0 Å². The van der Waals surface area contributed by atoms with Crippen molar-refractivity contribution in [1.82, 2.24) is 14.9 Å². The number of nitro groups is 1. The summed E-state index contributed by atoms with van der Waals surface area (Å²) in [5.74, 6) is 1.16. The van der Waals surface area contributed by atoms with Crippen molar-refractivity contribution >= 4 is 39.7 Å². The second kappa shape index (κ2) is 7.57. The number of nitro benzene ring substituents is 1. The Bertz CT molecular complexity index is 1040. The number of para-hydroxylation sites is 1. The molecular weight excluding hydrogens is 380 g/mol. The van der Waals surface area contributed by atoms with Crippen LogP contribution in [0.15, 0.2) is 42.5 Å². The van der Waals surface area contributed by atoms with Crippen LogP contribution in [0.4, 0.5) is 17.2 Å². The van der Waals surface area contributed by atoms with Gasteiger partial charge in [0, 0.05) is 42.7 Å². The van der Waals surface area contributed by atoms with Gasteiger partial charge in [0.25, 0.3) is 5.69 Å². The van der Waals surface area contributed by atoms with Gasteiger partial charge in [0.1, 0.15) is 17.3 Å². The molecule has 0 unspecified atom stereocenters. The number of aromatic nitrogens is 2. The molecule has 0 spiro atoms. The molecule has 28 heavy (non-hydrogen) atoms. The fourth-order valence-electron chi connectivity index (χ4n) is 3.48. The Hall–Kier alpha value is -2.97. The van der Waals surface area contributed by atoms with Crippen molar-refractivity contribution in [1.29, 1.82) is 0 Å². The number of halogens is 1. The van der Waals surface area contributed by atoms with Gasteiger partial charge in [-0.25, -0.2) is 9.97 Å². The molecule has 1 aliphatic heterocycles. The van der Waals surface area contributed by atoms with Gasteiger partial charge in [0.2, 0.25) is 0 Å². The molecule has 8 nitrogen and oxygen atoms in total. The van der Waals surface area contributed by atoms with E-state index in [1.54, 1.807) is 12.1 Å². The molecule has 1 aliphatic rings. The highest BCUT2D eigenvalue weighted by Gasteiger charge is 2.24. The van der Waals surface area contributed by atoms with Crippen LogP contribution in [-0.2, 0) is 6.54 Å². The number of hydrogen-bond acceptors (Lipinski definition) is 7. The van der Waals surface area contributed by atoms with Crippen molar-refractivity contribution in [3.05, 3.63) is 63.4 Å². The SMILES string of the molecule is Nc1nc(CN2CCN(c3ccc(Cl)cc3[N+](=O)[O-])CC2)nc2ccccc12. The van der Waals surface area contributed by atoms with Gasteiger partial charge in [-0.05, 0) is 24.3 Å². The maximum Gasteiger partial charge on any atom is 0.294 e. The highest BCUT2D eigenvalue weighted by atomic mass is 35.5. The average molecular weight is 399 g/mol. The zero-order chi connectivity index (χ0) is 19.7. The molecule has 2 heterocycles. The number of rotatable bonds is 4. The molecule has 0 amide bonds. The fourth-order valence-corrected chi connectivity index (χ4v) is 3.65. The van der Waals surface area contributed by atoms with Gasteiger partial charge < -0.3 is 10.6 Å². The summed E-state index contributed by atoms with van der Waals surface area (Å²) in [6.07, 6.45) is 0. The second-order valence-corrected chi connectivity index (χ2v) is 7.13. The molecule has 2 aromatic carbocycles. The molecule has 2 N–H and O–H groups in total. The lowest BCUT2D eigenvalue weighted by atomic mass is 10.2. The summed E-state index contributed by atoms with van der Waals surface area (Å²) >= 11 is 5.91. The average Bonchev–Trinajstić information content (AvgIpc) is 2.69. The molecule has 9 heteroatoms. The first-order chi connectivity index (χ1) is 13.5. The van der Waals surface area contributed by atoms with Gasteiger partial charge in [0.05, 0.1) is 17.0 Å². The summed E-state index contributed by atoms with van der Waals surface area (Å²) in [5.41, 5.74) is 7.53. The minimum atomic E-state index is -0.390. The largest absolute Gasteiger partial charge is 0.383 e. The molecule has 144 valence electrons. The van der Waals surface area contributed by atoms with Gasteiger partial charge in [0.15, 0.2) is 0 Å². The van der Waals surface area contributed by atoms with Gasteiger partial charge in [-0.1, -0.05) is 23.7 Å². The summed E-state index contributed by atoms with van der Waals surface area (Å²) < 4.78 is 0. The first-order valence-corrected chi connectivity index (χ1v) is 9.31. The molecule has 0 radical (unpaired) electrons. The molecule has 1 aromatic heterocycles. The first kappa shape index (κ1) is 18.4. The van der Waals surface area contributed by atoms with Gasteiger partial charge in [-0.3, -0.25) is 15.0 Å². The molecule has 0 atom stereocenters. The van der Waals surface area contributed by atoms with E-state index in [1.165, 1.54) is 6.07 Å². The van der Waals surface area contributed by atoms with Crippen molar-refractivity contribution in [2.45, 2.75) is 6.54 Å². The van der Waals surface area contributed by atoms with E-state index in [0.717, 1.165) is 24.0 Å². The number of piperazine rings is 1. The van der Waals surface area contributed by atoms with E-state index < -0.39 is 0 Å². The summed E-state index contributed by atoms with van der Waals surface area (Å²) in [4.78, 5) is 24.2. The van der Waals surface area contributed by atoms with Crippen LogP contribution < -0.4 is 10.6 Å². The number of benzene rings is 2. The van der Waals surface area contributed by atoms with Crippen LogP contribution in [-0.4, -0.2) is 46.0 Å². The third-order valence-electron chi connectivity index (χ3n) is 4.89. The first-order valence-electron chi connectivity index (χ1n) is 8.93. The van der Waals surface area contributed by atoms with E-state index in [0.29, 0.717) is 42.0 Å². The van der Waals surface area contributed by atoms with E-state index in [1.807, 2.05) is 29.2 Å². The number of nitrogens with two attached hydrogens (primary N) is 1. The third kappa shape index (κ3) is 3.69. The van der Waals surface area contributed by atoms with Crippen molar-refractivity contribution in [2.75, 3.05) is 36.8 Å². The minimum Gasteiger partial charge on any atom is -0.383 e. The fraction of sp³-hybridized carbons (Fsp3) is 0.263. The lowest BCUT2D eigenvalue weighted by molar-refractivity contribution is -0.384. The smallest absolute Gasteiger partial charge is 0.294 e. The standard InChI is InChI=1S/C19H19ClN6O2/c20-13-5-6-16(17(11-13)26(27)28)25-9-7-24(8-10-25)12-18-22-15-4-2-1-3-14(15)19(21)23-18/h1-6,11H,7-10,12H2,(H2,21,22,23). The van der Waals surface area contributed by atoms with Gasteiger partial charge in [-0.2, -0.15) is 0 Å². The summed E-state index contributed by atoms with van der Waals surface area (Å²) in [6.45, 7) is 3.43. The number of anilines is 2. The molecule has 0 saturated carbocycles. The lowest BCUT2D eigenvalue weighted by Gasteiger charge is -2.35. The van der Waals surface area contributed by atoms with E-state index in [9.17, 15) is 10.1 Å². The maximum atomic E-state index is 11.3. The van der Waals surface area contributed by atoms with E-state index in [2.05, 4.69) is 14.9 Å². The van der Waals surface area contributed by atoms with Crippen LogP contribution >= 0.6 is 11.6 Å². The highest BCUT2D eigenvalue weighted by Crippen LogP contribution is 2.31. The summed E-state index contributed by atoms with van der Waals surface area (Å²) in [5, 5.41) is 12.6. The van der Waals surface area contributed by atoms with Crippen molar-refractivity contribution in [3.63, 3.8) is 0 Å². The Kier molecular flexibility index (Phi) is 4.97. The maximum absolute atomic E-state index is 11.3. The molecule has 1 fully saturated rings.